The predicted molar refractivity (Wildman–Crippen MR) is 59.5 cm³/mol. The molecule has 76 valence electrons. The number of hydrogen-bond acceptors (Lipinski definition) is 0. The molecule has 0 aromatic carbocycles. The molecule has 1 saturated carbocycles. The summed E-state index contributed by atoms with van der Waals surface area (Å²) in [7, 11) is 0. The minimum absolute atomic E-state index is 0. The van der Waals surface area contributed by atoms with Gasteiger partial charge >= 0.3 is 58.2 Å². The summed E-state index contributed by atoms with van der Waals surface area (Å²) >= 11 is 0. The molecule has 0 spiro atoms. The molecule has 2 heteroatoms. The number of fused-ring (bicyclic) bond motifs is 1. The Balaban J connectivity index is 0. The van der Waals surface area contributed by atoms with E-state index in [1.54, 1.807) is 16.7 Å². The summed E-state index contributed by atoms with van der Waals surface area (Å²) in [6.45, 7) is 6.28. The van der Waals surface area contributed by atoms with Gasteiger partial charge in [-0.2, -0.15) is 23.1 Å². The van der Waals surface area contributed by atoms with Crippen LogP contribution in [0.25, 0.3) is 0 Å². The van der Waals surface area contributed by atoms with Gasteiger partial charge in [0.2, 0.25) is 0 Å². The zero-order valence-corrected chi connectivity index (χ0v) is 22.2. The molecule has 2 rings (SSSR count). The molecule has 0 bridgehead atoms. The van der Waals surface area contributed by atoms with E-state index < -0.39 is 0 Å². The quantitative estimate of drug-likeness (QED) is 0.417. The van der Waals surface area contributed by atoms with Crippen molar-refractivity contribution in [1.82, 2.24) is 0 Å². The van der Waals surface area contributed by atoms with Crippen LogP contribution in [-0.4, -0.2) is 0 Å². The van der Waals surface area contributed by atoms with Crippen LogP contribution in [0.1, 0.15) is 52.9 Å². The van der Waals surface area contributed by atoms with Gasteiger partial charge in [-0.25, -0.2) is 0 Å². The molecule has 0 heterocycles. The minimum atomic E-state index is 0. The van der Waals surface area contributed by atoms with Crippen molar-refractivity contribution in [3.8, 4) is 0 Å². The standard InChI is InChI=1S/C11H15.C2H6.Rb.Rf/c1-9-5-4-7-10-6-2-3-8-11(9)10;1-2;;/h7-8H,2-6H2,1H3;1-2H3;;/q-1;;+1;. The fraction of sp³-hybridized carbons (Fsp3) is 0.615. The van der Waals surface area contributed by atoms with Gasteiger partial charge in [0, 0.05) is 0 Å². The molecule has 0 radical (unpaired) electrons. The van der Waals surface area contributed by atoms with Crippen molar-refractivity contribution in [3.63, 3.8) is 0 Å². The van der Waals surface area contributed by atoms with Gasteiger partial charge in [-0.3, -0.25) is 0 Å². The van der Waals surface area contributed by atoms with Gasteiger partial charge in [0.1, 0.15) is 0 Å². The maximum absolute atomic E-state index is 2.43. The van der Waals surface area contributed by atoms with E-state index in [4.69, 9.17) is 0 Å². The largest absolute Gasteiger partial charge is 1.00 e. The van der Waals surface area contributed by atoms with E-state index >= 15 is 0 Å². The van der Waals surface area contributed by atoms with Crippen LogP contribution in [0.15, 0.2) is 22.8 Å². The van der Waals surface area contributed by atoms with Crippen molar-refractivity contribution in [1.29, 1.82) is 0 Å². The van der Waals surface area contributed by atoms with E-state index in [0.29, 0.717) is 0 Å². The van der Waals surface area contributed by atoms with Crippen LogP contribution >= 0.6 is 0 Å². The van der Waals surface area contributed by atoms with Crippen molar-refractivity contribution < 1.29 is 58.2 Å². The molecular formula is C13H21RbRf. The van der Waals surface area contributed by atoms with Crippen LogP contribution in [0.4, 0.5) is 0 Å². The molecule has 15 heavy (non-hydrogen) atoms. The Kier molecular flexibility index (Phi) is 11.0. The molecule has 0 nitrogen and oxygen atoms in total. The van der Waals surface area contributed by atoms with Crippen molar-refractivity contribution in [2.24, 2.45) is 0 Å². The van der Waals surface area contributed by atoms with Gasteiger partial charge in [-0.15, -0.1) is 6.08 Å². The van der Waals surface area contributed by atoms with Gasteiger partial charge in [0.05, 0.1) is 0 Å². The molecule has 0 unspecified atom stereocenters. The van der Waals surface area contributed by atoms with E-state index in [-0.39, 0.29) is 58.2 Å². The SMILES string of the molecule is CC.CC1=C2[CH-]CCCC2=CCC1.[Rb+].[Rf]. The molecular weight excluding hydrogens is 509 g/mol. The Hall–Kier alpha value is 0.155. The number of hydrogen-bond donors (Lipinski definition) is 0. The summed E-state index contributed by atoms with van der Waals surface area (Å²) in [6.07, 6.45) is 11.4. The summed E-state index contributed by atoms with van der Waals surface area (Å²) in [5, 5.41) is 0. The first kappa shape index (κ1) is 17.5. The van der Waals surface area contributed by atoms with Gasteiger partial charge in [-0.1, -0.05) is 52.9 Å². The second kappa shape index (κ2) is 9.39. The Morgan fingerprint density at radius 2 is 1.87 bits per heavy atom. The normalized spacial score (nSPS) is 17.9. The van der Waals surface area contributed by atoms with Gasteiger partial charge in [0.25, 0.3) is 0 Å². The Labute approximate surface area is 138 Å². The number of allylic oxidation sites excluding steroid dienone is 4. The molecule has 0 amide bonds. The summed E-state index contributed by atoms with van der Waals surface area (Å²) < 4.78 is 0. The second-order valence-corrected chi connectivity index (χ2v) is 3.56. The monoisotopic (exact) mass is 529 g/mol. The van der Waals surface area contributed by atoms with Gasteiger partial charge in [0.15, 0.2) is 0 Å². The maximum Gasteiger partial charge on any atom is 1.00 e. The van der Waals surface area contributed by atoms with Crippen LogP contribution in [0.2, 0.25) is 0 Å². The van der Waals surface area contributed by atoms with Gasteiger partial charge < -0.3 is 0 Å². The van der Waals surface area contributed by atoms with E-state index in [9.17, 15) is 0 Å². The second-order valence-electron chi connectivity index (χ2n) is 3.56. The van der Waals surface area contributed by atoms with Crippen molar-refractivity contribution in [3.05, 3.63) is 29.2 Å². The molecule has 0 aromatic heterocycles. The van der Waals surface area contributed by atoms with Crippen molar-refractivity contribution in [2.45, 2.75) is 52.9 Å². The predicted octanol–water partition coefficient (Wildman–Crippen LogP) is 1.44. The first-order chi connectivity index (χ1) is 6.38. The Morgan fingerprint density at radius 1 is 1.20 bits per heavy atom. The maximum atomic E-state index is 2.43. The van der Waals surface area contributed by atoms with E-state index in [2.05, 4.69) is 19.4 Å². The average Bonchev–Trinajstić information content (AvgIpc) is 2.22. The Morgan fingerprint density at radius 3 is 2.47 bits per heavy atom. The minimum Gasteiger partial charge on any atom is -0.190 e. The molecule has 0 aliphatic heterocycles. The van der Waals surface area contributed by atoms with E-state index in [1.165, 1.54) is 32.1 Å². The molecule has 0 aromatic rings. The summed E-state index contributed by atoms with van der Waals surface area (Å²) in [6, 6.07) is 0. The fourth-order valence-electron chi connectivity index (χ4n) is 2.06. The summed E-state index contributed by atoms with van der Waals surface area (Å²) in [5.74, 6) is 0. The number of rotatable bonds is 0. The van der Waals surface area contributed by atoms with Crippen LogP contribution in [0.5, 0.6) is 0 Å². The molecule has 0 atom stereocenters. The third kappa shape index (κ3) is 4.67. The summed E-state index contributed by atoms with van der Waals surface area (Å²) in [4.78, 5) is 0. The van der Waals surface area contributed by atoms with Crippen LogP contribution in [0.3, 0.4) is 0 Å². The van der Waals surface area contributed by atoms with Crippen LogP contribution in [-0.2, 0) is 0 Å². The first-order valence-electron chi connectivity index (χ1n) is 5.60. The molecule has 2 aliphatic rings. The zero-order valence-electron chi connectivity index (χ0n) is 10.9. The zero-order chi connectivity index (χ0) is 9.68. The Bertz CT molecular complexity index is 229. The molecule has 2 aliphatic carbocycles. The van der Waals surface area contributed by atoms with Crippen molar-refractivity contribution >= 4 is 0 Å². The average molecular weight is 530 g/mol. The third-order valence-electron chi connectivity index (χ3n) is 2.71. The van der Waals surface area contributed by atoms with E-state index in [1.807, 2.05) is 13.8 Å². The van der Waals surface area contributed by atoms with Gasteiger partial charge in [-0.05, 0) is 0 Å². The van der Waals surface area contributed by atoms with E-state index in [0.717, 1.165) is 0 Å². The van der Waals surface area contributed by atoms with Crippen LogP contribution in [0, 0.1) is 6.42 Å². The molecule has 1 fully saturated rings. The van der Waals surface area contributed by atoms with Crippen LogP contribution < -0.4 is 58.2 Å². The smallest absolute Gasteiger partial charge is 0.190 e. The topological polar surface area (TPSA) is 0 Å². The van der Waals surface area contributed by atoms with Crippen molar-refractivity contribution in [2.75, 3.05) is 0 Å². The fourth-order valence-corrected chi connectivity index (χ4v) is 2.06. The third-order valence-corrected chi connectivity index (χ3v) is 2.71. The summed E-state index contributed by atoms with van der Waals surface area (Å²) in [5.41, 5.74) is 4.82. The molecule has 0 saturated heterocycles. The molecule has 0 N–H and O–H groups in total. The first-order valence-corrected chi connectivity index (χ1v) is 5.60.